The third kappa shape index (κ3) is 4.71. The number of hydrogen-bond donors (Lipinski definition) is 0. The molecule has 0 aromatic carbocycles. The molecule has 1 rings (SSSR count). The Balaban J connectivity index is 2.78. The smallest absolute Gasteiger partial charge is 0.224 e. The minimum atomic E-state index is -3.30. The Labute approximate surface area is 110 Å². The third-order valence-electron chi connectivity index (χ3n) is 2.14. The predicted octanol–water partition coefficient (Wildman–Crippen LogP) is 1.21. The van der Waals surface area contributed by atoms with E-state index in [0.717, 1.165) is 0 Å². The molecule has 0 saturated carbocycles. The summed E-state index contributed by atoms with van der Waals surface area (Å²) in [5, 5.41) is 0. The highest BCUT2D eigenvalue weighted by molar-refractivity contribution is 9.10. The first kappa shape index (κ1) is 14.6. The molecular formula is C10H15BrN2O3S. The Bertz CT molecular complexity index is 424. The van der Waals surface area contributed by atoms with E-state index in [1.165, 1.54) is 4.31 Å². The fourth-order valence-corrected chi connectivity index (χ4v) is 2.94. The van der Waals surface area contributed by atoms with Gasteiger partial charge < -0.3 is 4.74 Å². The van der Waals surface area contributed by atoms with E-state index in [4.69, 9.17) is 4.74 Å². The molecule has 0 radical (unpaired) electrons. The van der Waals surface area contributed by atoms with Crippen LogP contribution in [0.3, 0.4) is 0 Å². The molecule has 0 bridgehead atoms. The zero-order valence-electron chi connectivity index (χ0n) is 9.54. The summed E-state index contributed by atoms with van der Waals surface area (Å²) in [5.74, 6) is 0. The Kier molecular flexibility index (Phi) is 6.04. The molecule has 0 spiro atoms. The molecule has 0 aliphatic heterocycles. The minimum Gasteiger partial charge on any atom is -0.383 e. The van der Waals surface area contributed by atoms with Gasteiger partial charge in [-0.1, -0.05) is 22.0 Å². The summed E-state index contributed by atoms with van der Waals surface area (Å²) in [5.41, 5.74) is 0.716. The second-order valence-electron chi connectivity index (χ2n) is 3.37. The lowest BCUT2D eigenvalue weighted by molar-refractivity contribution is 0.177. The average Bonchev–Trinajstić information content (AvgIpc) is 2.35. The number of pyridine rings is 1. The van der Waals surface area contributed by atoms with Crippen LogP contribution in [0.15, 0.2) is 24.4 Å². The van der Waals surface area contributed by atoms with Crippen LogP contribution in [0.5, 0.6) is 0 Å². The quantitative estimate of drug-likeness (QED) is 0.708. The SMILES string of the molecule is COCCN(Cc1ccccn1)S(=O)(=O)CBr. The second kappa shape index (κ2) is 7.05. The van der Waals surface area contributed by atoms with Crippen molar-refractivity contribution in [2.45, 2.75) is 6.54 Å². The van der Waals surface area contributed by atoms with E-state index in [2.05, 4.69) is 20.9 Å². The first-order chi connectivity index (χ1) is 8.10. The summed E-state index contributed by atoms with van der Waals surface area (Å²) < 4.78 is 29.8. The van der Waals surface area contributed by atoms with Gasteiger partial charge in [0.05, 0.1) is 18.8 Å². The first-order valence-corrected chi connectivity index (χ1v) is 7.76. The summed E-state index contributed by atoms with van der Waals surface area (Å²) in [6.45, 7) is 0.943. The van der Waals surface area contributed by atoms with Crippen molar-refractivity contribution in [3.8, 4) is 0 Å². The topological polar surface area (TPSA) is 59.5 Å². The van der Waals surface area contributed by atoms with Crippen molar-refractivity contribution < 1.29 is 13.2 Å². The first-order valence-electron chi connectivity index (χ1n) is 5.03. The molecule has 0 fully saturated rings. The van der Waals surface area contributed by atoms with Crippen molar-refractivity contribution >= 4 is 26.0 Å². The molecule has 1 heterocycles. The highest BCUT2D eigenvalue weighted by Gasteiger charge is 2.20. The van der Waals surface area contributed by atoms with E-state index in [1.807, 2.05) is 6.07 Å². The van der Waals surface area contributed by atoms with Crippen LogP contribution < -0.4 is 0 Å². The average molecular weight is 323 g/mol. The van der Waals surface area contributed by atoms with Crippen molar-refractivity contribution in [2.75, 3.05) is 24.9 Å². The van der Waals surface area contributed by atoms with Crippen molar-refractivity contribution in [3.05, 3.63) is 30.1 Å². The monoisotopic (exact) mass is 322 g/mol. The van der Waals surface area contributed by atoms with Gasteiger partial charge >= 0.3 is 0 Å². The zero-order valence-corrected chi connectivity index (χ0v) is 11.9. The van der Waals surface area contributed by atoms with Gasteiger partial charge in [-0.3, -0.25) is 4.98 Å². The summed E-state index contributed by atoms with van der Waals surface area (Å²) >= 11 is 2.99. The summed E-state index contributed by atoms with van der Waals surface area (Å²) in [4.78, 5) is 4.11. The molecule has 0 aliphatic rings. The molecule has 0 atom stereocenters. The third-order valence-corrected chi connectivity index (χ3v) is 5.25. The molecule has 17 heavy (non-hydrogen) atoms. The summed E-state index contributed by atoms with van der Waals surface area (Å²) in [6, 6.07) is 5.42. The lowest BCUT2D eigenvalue weighted by atomic mass is 10.3. The van der Waals surface area contributed by atoms with Gasteiger partial charge in [-0.2, -0.15) is 4.31 Å². The number of alkyl halides is 1. The number of halogens is 1. The Morgan fingerprint density at radius 3 is 2.76 bits per heavy atom. The number of nitrogens with zero attached hydrogens (tertiary/aromatic N) is 2. The maximum absolute atomic E-state index is 11.8. The van der Waals surface area contributed by atoms with E-state index < -0.39 is 10.0 Å². The van der Waals surface area contributed by atoms with Crippen LogP contribution in [0, 0.1) is 0 Å². The van der Waals surface area contributed by atoms with Crippen LogP contribution in [-0.4, -0.2) is 42.6 Å². The molecule has 5 nitrogen and oxygen atoms in total. The highest BCUT2D eigenvalue weighted by Crippen LogP contribution is 2.09. The van der Waals surface area contributed by atoms with Crippen LogP contribution in [-0.2, 0) is 21.3 Å². The number of hydrogen-bond acceptors (Lipinski definition) is 4. The molecular weight excluding hydrogens is 308 g/mol. The molecule has 0 amide bonds. The normalized spacial score (nSPS) is 11.9. The minimum absolute atomic E-state index is 0.101. The number of methoxy groups -OCH3 is 1. The molecule has 0 unspecified atom stereocenters. The molecule has 96 valence electrons. The number of sulfonamides is 1. The van der Waals surface area contributed by atoms with Crippen LogP contribution in [0.1, 0.15) is 5.69 Å². The molecule has 1 aromatic heterocycles. The fourth-order valence-electron chi connectivity index (χ4n) is 1.25. The second-order valence-corrected chi connectivity index (χ2v) is 6.64. The van der Waals surface area contributed by atoms with Crippen LogP contribution in [0.2, 0.25) is 0 Å². The van der Waals surface area contributed by atoms with E-state index in [1.54, 1.807) is 25.4 Å². The van der Waals surface area contributed by atoms with E-state index in [-0.39, 0.29) is 11.2 Å². The highest BCUT2D eigenvalue weighted by atomic mass is 79.9. The Morgan fingerprint density at radius 1 is 1.47 bits per heavy atom. The van der Waals surface area contributed by atoms with Crippen molar-refractivity contribution in [1.29, 1.82) is 0 Å². The van der Waals surface area contributed by atoms with Crippen LogP contribution in [0.4, 0.5) is 0 Å². The van der Waals surface area contributed by atoms with E-state index in [0.29, 0.717) is 18.8 Å². The molecule has 0 saturated heterocycles. The van der Waals surface area contributed by atoms with Gasteiger partial charge in [-0.05, 0) is 12.1 Å². The molecule has 1 aromatic rings. The van der Waals surface area contributed by atoms with Gasteiger partial charge in [-0.15, -0.1) is 0 Å². The molecule has 7 heteroatoms. The number of aromatic nitrogens is 1. The van der Waals surface area contributed by atoms with E-state index in [9.17, 15) is 8.42 Å². The van der Waals surface area contributed by atoms with E-state index >= 15 is 0 Å². The zero-order chi connectivity index (χ0) is 12.7. The van der Waals surface area contributed by atoms with Crippen molar-refractivity contribution in [3.63, 3.8) is 0 Å². The lowest BCUT2D eigenvalue weighted by Gasteiger charge is -2.20. The summed E-state index contributed by atoms with van der Waals surface area (Å²) in [7, 11) is -1.76. The maximum Gasteiger partial charge on any atom is 0.224 e. The van der Waals surface area contributed by atoms with Gasteiger partial charge in [0, 0.05) is 19.9 Å². The Morgan fingerprint density at radius 2 is 2.24 bits per heavy atom. The Hall–Kier alpha value is -0.500. The molecule has 0 aliphatic carbocycles. The predicted molar refractivity (Wildman–Crippen MR) is 69.2 cm³/mol. The lowest BCUT2D eigenvalue weighted by Crippen LogP contribution is -2.34. The van der Waals surface area contributed by atoms with Crippen molar-refractivity contribution in [1.82, 2.24) is 9.29 Å². The number of ether oxygens (including phenoxy) is 1. The van der Waals surface area contributed by atoms with Crippen molar-refractivity contribution in [2.24, 2.45) is 0 Å². The maximum atomic E-state index is 11.8. The largest absolute Gasteiger partial charge is 0.383 e. The van der Waals surface area contributed by atoms with Gasteiger partial charge in [0.15, 0.2) is 0 Å². The van der Waals surface area contributed by atoms with Gasteiger partial charge in [0.25, 0.3) is 0 Å². The number of rotatable bonds is 7. The van der Waals surface area contributed by atoms with Gasteiger partial charge in [0.1, 0.15) is 4.66 Å². The van der Waals surface area contributed by atoms with Crippen LogP contribution in [0.25, 0.3) is 0 Å². The summed E-state index contributed by atoms with van der Waals surface area (Å²) in [6.07, 6.45) is 1.64. The van der Waals surface area contributed by atoms with Gasteiger partial charge in [0.2, 0.25) is 10.0 Å². The fraction of sp³-hybridized carbons (Fsp3) is 0.500. The standard InChI is InChI=1S/C10H15BrN2O3S/c1-16-7-6-13(17(14,15)9-11)8-10-4-2-3-5-12-10/h2-5H,6-9H2,1H3. The van der Waals surface area contributed by atoms with Crippen LogP contribution >= 0.6 is 15.9 Å². The molecule has 0 N–H and O–H groups in total. The van der Waals surface area contributed by atoms with Gasteiger partial charge in [-0.25, -0.2) is 8.42 Å².